The molecule has 0 fully saturated rings. The van der Waals surface area contributed by atoms with Crippen LogP contribution in [0.2, 0.25) is 0 Å². The highest BCUT2D eigenvalue weighted by Crippen LogP contribution is 2.34. The van der Waals surface area contributed by atoms with E-state index in [4.69, 9.17) is 4.74 Å². The van der Waals surface area contributed by atoms with Gasteiger partial charge < -0.3 is 4.74 Å². The molecule has 0 N–H and O–H groups in total. The van der Waals surface area contributed by atoms with Gasteiger partial charge in [-0.25, -0.2) is 18.7 Å². The second-order valence-electron chi connectivity index (χ2n) is 4.94. The summed E-state index contributed by atoms with van der Waals surface area (Å²) < 4.78 is 70.4. The quantitative estimate of drug-likeness (QED) is 0.605. The zero-order valence-electron chi connectivity index (χ0n) is 12.4. The van der Waals surface area contributed by atoms with E-state index in [9.17, 15) is 22.0 Å². The molecule has 8 heteroatoms. The van der Waals surface area contributed by atoms with Crippen LogP contribution < -0.4 is 4.74 Å². The molecule has 3 nitrogen and oxygen atoms in total. The predicted octanol–water partition coefficient (Wildman–Crippen LogP) is 5.23. The largest absolute Gasteiger partial charge is 0.437 e. The zero-order valence-corrected chi connectivity index (χ0v) is 12.4. The molecular weight excluding hydrogens is 343 g/mol. The first-order chi connectivity index (χ1) is 11.9. The van der Waals surface area contributed by atoms with Crippen molar-refractivity contribution in [1.29, 1.82) is 0 Å². The minimum atomic E-state index is -4.57. The molecule has 0 saturated carbocycles. The molecule has 0 atom stereocenters. The Morgan fingerprint density at radius 2 is 1.60 bits per heavy atom. The van der Waals surface area contributed by atoms with Crippen LogP contribution in [-0.4, -0.2) is 9.97 Å². The van der Waals surface area contributed by atoms with Crippen LogP contribution in [0.15, 0.2) is 54.9 Å². The lowest BCUT2D eigenvalue weighted by Crippen LogP contribution is -2.07. The van der Waals surface area contributed by atoms with E-state index < -0.39 is 23.5 Å². The monoisotopic (exact) mass is 352 g/mol. The van der Waals surface area contributed by atoms with Crippen molar-refractivity contribution in [2.24, 2.45) is 0 Å². The van der Waals surface area contributed by atoms with Crippen LogP contribution in [0, 0.1) is 11.6 Å². The summed E-state index contributed by atoms with van der Waals surface area (Å²) in [5, 5.41) is 0. The van der Waals surface area contributed by atoms with E-state index in [1.165, 1.54) is 30.5 Å². The van der Waals surface area contributed by atoms with Gasteiger partial charge in [-0.2, -0.15) is 13.2 Å². The number of ether oxygens (including phenoxy) is 1. The number of hydrogen-bond donors (Lipinski definition) is 0. The van der Waals surface area contributed by atoms with Gasteiger partial charge in [0.2, 0.25) is 5.88 Å². The third kappa shape index (κ3) is 3.57. The molecule has 0 spiro atoms. The second-order valence-corrected chi connectivity index (χ2v) is 4.94. The Balaban J connectivity index is 1.96. The standard InChI is InChI=1S/C17H9F5N2O/c18-13-5-1-3-11(15(13)19)12-4-2-8-23-16(12)25-10-6-7-14(24-9-10)17(20,21)22/h1-9H. The van der Waals surface area contributed by atoms with E-state index in [0.29, 0.717) is 0 Å². The van der Waals surface area contributed by atoms with Crippen LogP contribution in [0.4, 0.5) is 22.0 Å². The van der Waals surface area contributed by atoms with Crippen LogP contribution in [0.1, 0.15) is 5.69 Å². The highest BCUT2D eigenvalue weighted by atomic mass is 19.4. The van der Waals surface area contributed by atoms with Gasteiger partial charge >= 0.3 is 6.18 Å². The number of nitrogens with zero attached hydrogens (tertiary/aromatic N) is 2. The molecule has 1 aromatic carbocycles. The molecule has 0 unspecified atom stereocenters. The van der Waals surface area contributed by atoms with Crippen LogP contribution >= 0.6 is 0 Å². The fraction of sp³-hybridized carbons (Fsp3) is 0.0588. The van der Waals surface area contributed by atoms with Crippen molar-refractivity contribution < 1.29 is 26.7 Å². The van der Waals surface area contributed by atoms with Gasteiger partial charge in [0, 0.05) is 17.3 Å². The first-order valence-corrected chi connectivity index (χ1v) is 6.97. The molecule has 2 aromatic heterocycles. The lowest BCUT2D eigenvalue weighted by molar-refractivity contribution is -0.141. The van der Waals surface area contributed by atoms with E-state index in [0.717, 1.165) is 24.4 Å². The Bertz CT molecular complexity index is 894. The Kier molecular flexibility index (Phi) is 4.35. The number of hydrogen-bond acceptors (Lipinski definition) is 3. The average Bonchev–Trinajstić information content (AvgIpc) is 2.58. The first-order valence-electron chi connectivity index (χ1n) is 6.97. The summed E-state index contributed by atoms with van der Waals surface area (Å²) in [7, 11) is 0. The van der Waals surface area contributed by atoms with Crippen molar-refractivity contribution in [2.75, 3.05) is 0 Å². The fourth-order valence-electron chi connectivity index (χ4n) is 2.11. The van der Waals surface area contributed by atoms with Crippen LogP contribution in [0.3, 0.4) is 0 Å². The van der Waals surface area contributed by atoms with Crippen LogP contribution in [0.25, 0.3) is 11.1 Å². The van der Waals surface area contributed by atoms with Crippen molar-refractivity contribution in [2.45, 2.75) is 6.18 Å². The Labute approximate surface area is 138 Å². The summed E-state index contributed by atoms with van der Waals surface area (Å²) in [5.74, 6) is -2.23. The summed E-state index contributed by atoms with van der Waals surface area (Å²) in [6, 6.07) is 8.40. The van der Waals surface area contributed by atoms with Gasteiger partial charge in [0.1, 0.15) is 11.4 Å². The van der Waals surface area contributed by atoms with Crippen molar-refractivity contribution >= 4 is 0 Å². The molecule has 0 bridgehead atoms. The molecule has 25 heavy (non-hydrogen) atoms. The molecule has 0 saturated heterocycles. The number of aromatic nitrogens is 2. The van der Waals surface area contributed by atoms with E-state index in [1.807, 2.05) is 0 Å². The van der Waals surface area contributed by atoms with Gasteiger partial charge in [-0.15, -0.1) is 0 Å². The molecule has 128 valence electrons. The number of pyridine rings is 2. The lowest BCUT2D eigenvalue weighted by atomic mass is 10.1. The average molecular weight is 352 g/mol. The highest BCUT2D eigenvalue weighted by molar-refractivity contribution is 5.69. The summed E-state index contributed by atoms with van der Waals surface area (Å²) >= 11 is 0. The van der Waals surface area contributed by atoms with Gasteiger partial charge in [0.25, 0.3) is 0 Å². The fourth-order valence-corrected chi connectivity index (χ4v) is 2.11. The summed E-state index contributed by atoms with van der Waals surface area (Å²) in [5.41, 5.74) is -1.00. The van der Waals surface area contributed by atoms with Crippen LogP contribution in [-0.2, 0) is 6.18 Å². The third-order valence-corrected chi connectivity index (χ3v) is 3.25. The molecule has 2 heterocycles. The number of benzene rings is 1. The van der Waals surface area contributed by atoms with Gasteiger partial charge in [-0.1, -0.05) is 12.1 Å². The minimum Gasteiger partial charge on any atom is -0.437 e. The normalized spacial score (nSPS) is 11.4. The molecule has 3 rings (SSSR count). The lowest BCUT2D eigenvalue weighted by Gasteiger charge is -2.11. The first kappa shape index (κ1) is 16.8. The number of rotatable bonds is 3. The second kappa shape index (κ2) is 6.46. The van der Waals surface area contributed by atoms with Gasteiger partial charge in [0.15, 0.2) is 11.6 Å². The SMILES string of the molecule is Fc1cccc(-c2cccnc2Oc2ccc(C(F)(F)F)nc2)c1F. The molecule has 0 amide bonds. The van der Waals surface area contributed by atoms with Crippen LogP contribution in [0.5, 0.6) is 11.6 Å². The molecule has 3 aromatic rings. The van der Waals surface area contributed by atoms with E-state index >= 15 is 0 Å². The Morgan fingerprint density at radius 1 is 0.840 bits per heavy atom. The zero-order chi connectivity index (χ0) is 18.0. The van der Waals surface area contributed by atoms with Crippen molar-refractivity contribution in [3.8, 4) is 22.8 Å². The van der Waals surface area contributed by atoms with Crippen molar-refractivity contribution in [1.82, 2.24) is 9.97 Å². The minimum absolute atomic E-state index is 0.0234. The topological polar surface area (TPSA) is 35.0 Å². The maximum absolute atomic E-state index is 14.0. The summed E-state index contributed by atoms with van der Waals surface area (Å²) in [6.07, 6.45) is -2.34. The maximum atomic E-state index is 14.0. The van der Waals surface area contributed by atoms with Crippen molar-refractivity contribution in [3.05, 3.63) is 72.2 Å². The van der Waals surface area contributed by atoms with E-state index in [-0.39, 0.29) is 22.8 Å². The Hall–Kier alpha value is -3.03. The third-order valence-electron chi connectivity index (χ3n) is 3.25. The van der Waals surface area contributed by atoms with E-state index in [2.05, 4.69) is 9.97 Å². The molecule has 0 radical (unpaired) electrons. The number of halogens is 5. The van der Waals surface area contributed by atoms with Gasteiger partial charge in [-0.05, 0) is 30.3 Å². The summed E-state index contributed by atoms with van der Waals surface area (Å²) in [6.45, 7) is 0. The molecular formula is C17H9F5N2O. The van der Waals surface area contributed by atoms with Gasteiger partial charge in [-0.3, -0.25) is 0 Å². The smallest absolute Gasteiger partial charge is 0.433 e. The molecule has 0 aliphatic rings. The number of alkyl halides is 3. The molecule has 0 aliphatic heterocycles. The predicted molar refractivity (Wildman–Crippen MR) is 78.9 cm³/mol. The maximum Gasteiger partial charge on any atom is 0.433 e. The molecule has 0 aliphatic carbocycles. The van der Waals surface area contributed by atoms with Crippen molar-refractivity contribution in [3.63, 3.8) is 0 Å². The van der Waals surface area contributed by atoms with Gasteiger partial charge in [0.05, 0.1) is 6.20 Å². The Morgan fingerprint density at radius 3 is 2.28 bits per heavy atom. The summed E-state index contributed by atoms with van der Waals surface area (Å²) in [4.78, 5) is 7.20. The highest BCUT2D eigenvalue weighted by Gasteiger charge is 2.32. The van der Waals surface area contributed by atoms with E-state index in [1.54, 1.807) is 0 Å².